The highest BCUT2D eigenvalue weighted by atomic mass is 16.5. The summed E-state index contributed by atoms with van der Waals surface area (Å²) in [5.74, 6) is 0.682. The number of phenolic OH excluding ortho intramolecular Hbond substituents is 2. The van der Waals surface area contributed by atoms with Crippen LogP contribution in [0.3, 0.4) is 0 Å². The summed E-state index contributed by atoms with van der Waals surface area (Å²) in [6.45, 7) is 9.61. The van der Waals surface area contributed by atoms with Gasteiger partial charge >= 0.3 is 0 Å². The van der Waals surface area contributed by atoms with Gasteiger partial charge in [-0.1, -0.05) is 37.4 Å². The molecule has 0 atom stereocenters. The summed E-state index contributed by atoms with van der Waals surface area (Å²) in [5, 5.41) is 20.5. The van der Waals surface area contributed by atoms with Gasteiger partial charge in [-0.2, -0.15) is 0 Å². The fourth-order valence-electron chi connectivity index (χ4n) is 1.86. The Morgan fingerprint density at radius 2 is 1.75 bits per heavy atom. The van der Waals surface area contributed by atoms with Crippen LogP contribution in [0.5, 0.6) is 11.5 Å². The van der Waals surface area contributed by atoms with Crippen LogP contribution in [0, 0.1) is 0 Å². The van der Waals surface area contributed by atoms with Crippen LogP contribution in [0.25, 0.3) is 18.1 Å². The Morgan fingerprint density at radius 3 is 2.40 bits per heavy atom. The molecule has 0 saturated carbocycles. The Bertz CT molecular complexity index is 760. The van der Waals surface area contributed by atoms with Crippen molar-refractivity contribution in [3.8, 4) is 11.5 Å². The van der Waals surface area contributed by atoms with Gasteiger partial charge in [0.15, 0.2) is 11.5 Å². The maximum Gasteiger partial charge on any atom is 0.158 e. The summed E-state index contributed by atoms with van der Waals surface area (Å²) in [4.78, 5) is 0. The first-order chi connectivity index (χ1) is 9.49. The number of aromatic hydroxyl groups is 2. The molecular formula is C17H16O3. The third-order valence-corrected chi connectivity index (χ3v) is 2.97. The fraction of sp³-hybridized carbons (Fsp3) is 0.0588. The molecule has 2 aromatic rings. The van der Waals surface area contributed by atoms with E-state index < -0.39 is 0 Å². The zero-order valence-corrected chi connectivity index (χ0v) is 11.3. The van der Waals surface area contributed by atoms with Crippen molar-refractivity contribution in [2.24, 2.45) is 0 Å². The van der Waals surface area contributed by atoms with Gasteiger partial charge in [0.05, 0.1) is 0 Å². The lowest BCUT2D eigenvalue weighted by Crippen LogP contribution is -2.24. The standard InChI is InChI=1S/C17H16O3/c1-11-6-4-5-7-15(11)13(3)20-12(2)14-8-9-16(18)17(19)10-14/h4-10,18-19H,1-2H2,3H3. The maximum atomic E-state index is 9.48. The van der Waals surface area contributed by atoms with E-state index in [2.05, 4.69) is 13.2 Å². The topological polar surface area (TPSA) is 49.7 Å². The molecular weight excluding hydrogens is 252 g/mol. The predicted octanol–water partition coefficient (Wildman–Crippen LogP) is 2.32. The van der Waals surface area contributed by atoms with Gasteiger partial charge in [0.2, 0.25) is 0 Å². The van der Waals surface area contributed by atoms with Crippen LogP contribution in [0.4, 0.5) is 0 Å². The van der Waals surface area contributed by atoms with E-state index in [0.717, 1.165) is 10.4 Å². The van der Waals surface area contributed by atoms with E-state index in [4.69, 9.17) is 4.74 Å². The Morgan fingerprint density at radius 1 is 1.05 bits per heavy atom. The van der Waals surface area contributed by atoms with Gasteiger partial charge in [-0.15, -0.1) is 0 Å². The van der Waals surface area contributed by atoms with Crippen LogP contribution in [0.2, 0.25) is 0 Å². The lowest BCUT2D eigenvalue weighted by atomic mass is 10.1. The Balaban J connectivity index is 2.33. The van der Waals surface area contributed by atoms with Crippen LogP contribution in [-0.2, 0) is 4.74 Å². The van der Waals surface area contributed by atoms with Crippen LogP contribution in [0.15, 0.2) is 49.0 Å². The minimum absolute atomic E-state index is 0.176. The van der Waals surface area contributed by atoms with E-state index in [1.54, 1.807) is 6.07 Å². The molecule has 2 aromatic carbocycles. The van der Waals surface area contributed by atoms with E-state index in [0.29, 0.717) is 17.1 Å². The highest BCUT2D eigenvalue weighted by molar-refractivity contribution is 5.64. The Hall–Kier alpha value is -2.68. The number of phenols is 2. The van der Waals surface area contributed by atoms with Gasteiger partial charge < -0.3 is 14.9 Å². The van der Waals surface area contributed by atoms with E-state index in [1.165, 1.54) is 12.1 Å². The molecule has 0 spiro atoms. The third kappa shape index (κ3) is 2.83. The van der Waals surface area contributed by atoms with Crippen molar-refractivity contribution in [1.82, 2.24) is 0 Å². The molecule has 0 bridgehead atoms. The number of hydrogen-bond acceptors (Lipinski definition) is 3. The van der Waals surface area contributed by atoms with Gasteiger partial charge in [0.25, 0.3) is 0 Å². The largest absolute Gasteiger partial charge is 0.504 e. The SMILES string of the molecule is C=C(OC(C)=c1ccccc1=C)c1ccc(O)c(O)c1. The van der Waals surface area contributed by atoms with E-state index in [9.17, 15) is 10.2 Å². The monoisotopic (exact) mass is 268 g/mol. The van der Waals surface area contributed by atoms with E-state index in [1.807, 2.05) is 31.2 Å². The molecule has 0 aromatic heterocycles. The highest BCUT2D eigenvalue weighted by Gasteiger charge is 2.06. The summed E-state index contributed by atoms with van der Waals surface area (Å²) in [6, 6.07) is 12.1. The normalized spacial score (nSPS) is 11.8. The molecule has 20 heavy (non-hydrogen) atoms. The van der Waals surface area contributed by atoms with Gasteiger partial charge in [0.1, 0.15) is 11.5 Å². The lowest BCUT2D eigenvalue weighted by Gasteiger charge is -2.10. The second-order valence-corrected chi connectivity index (χ2v) is 4.44. The number of rotatable bonds is 3. The van der Waals surface area contributed by atoms with E-state index >= 15 is 0 Å². The molecule has 2 rings (SSSR count). The molecule has 3 nitrogen and oxygen atoms in total. The van der Waals surface area contributed by atoms with Crippen LogP contribution >= 0.6 is 0 Å². The average Bonchev–Trinajstić information content (AvgIpc) is 2.42. The van der Waals surface area contributed by atoms with Crippen molar-refractivity contribution in [3.05, 3.63) is 65.0 Å². The summed E-state index contributed by atoms with van der Waals surface area (Å²) >= 11 is 0. The predicted molar refractivity (Wildman–Crippen MR) is 80.2 cm³/mol. The summed E-state index contributed by atoms with van der Waals surface area (Å²) in [6.07, 6.45) is 0. The van der Waals surface area contributed by atoms with Gasteiger partial charge in [-0.3, -0.25) is 0 Å². The van der Waals surface area contributed by atoms with Gasteiger partial charge in [-0.25, -0.2) is 0 Å². The van der Waals surface area contributed by atoms with Crippen LogP contribution in [0.1, 0.15) is 12.5 Å². The van der Waals surface area contributed by atoms with E-state index in [-0.39, 0.29) is 11.5 Å². The second-order valence-electron chi connectivity index (χ2n) is 4.44. The van der Waals surface area contributed by atoms with Gasteiger partial charge in [-0.05, 0) is 30.3 Å². The molecule has 0 saturated heterocycles. The summed E-state index contributed by atoms with van der Waals surface area (Å²) in [5.41, 5.74) is 0.598. The molecule has 0 unspecified atom stereocenters. The average molecular weight is 268 g/mol. The molecule has 0 radical (unpaired) electrons. The molecule has 0 aliphatic rings. The van der Waals surface area contributed by atoms with Crippen LogP contribution < -0.4 is 10.4 Å². The first-order valence-electron chi connectivity index (χ1n) is 6.13. The lowest BCUT2D eigenvalue weighted by molar-refractivity contribution is 0.402. The summed E-state index contributed by atoms with van der Waals surface area (Å²) < 4.78 is 5.69. The second kappa shape index (κ2) is 5.53. The van der Waals surface area contributed by atoms with Crippen molar-refractivity contribution >= 4 is 18.1 Å². The highest BCUT2D eigenvalue weighted by Crippen LogP contribution is 2.28. The zero-order valence-electron chi connectivity index (χ0n) is 11.3. The molecule has 0 fully saturated rings. The first-order valence-corrected chi connectivity index (χ1v) is 6.13. The van der Waals surface area contributed by atoms with Crippen molar-refractivity contribution in [2.75, 3.05) is 0 Å². The molecule has 0 aliphatic heterocycles. The first kappa shape index (κ1) is 13.7. The van der Waals surface area contributed by atoms with Crippen molar-refractivity contribution in [2.45, 2.75) is 6.92 Å². The third-order valence-electron chi connectivity index (χ3n) is 2.97. The van der Waals surface area contributed by atoms with Crippen molar-refractivity contribution < 1.29 is 14.9 Å². The Labute approximate surface area is 117 Å². The molecule has 0 heterocycles. The minimum atomic E-state index is -0.206. The smallest absolute Gasteiger partial charge is 0.158 e. The van der Waals surface area contributed by atoms with Crippen LogP contribution in [-0.4, -0.2) is 10.2 Å². The molecule has 0 amide bonds. The molecule has 102 valence electrons. The van der Waals surface area contributed by atoms with Crippen molar-refractivity contribution in [1.29, 1.82) is 0 Å². The van der Waals surface area contributed by atoms with Crippen molar-refractivity contribution in [3.63, 3.8) is 0 Å². The molecule has 2 N–H and O–H groups in total. The molecule has 0 aliphatic carbocycles. The fourth-order valence-corrected chi connectivity index (χ4v) is 1.86. The van der Waals surface area contributed by atoms with Gasteiger partial charge in [0, 0.05) is 10.8 Å². The Kier molecular flexibility index (Phi) is 3.80. The quantitative estimate of drug-likeness (QED) is 0.663. The number of ether oxygens (including phenoxy) is 1. The summed E-state index contributed by atoms with van der Waals surface area (Å²) in [7, 11) is 0. The molecule has 3 heteroatoms. The zero-order chi connectivity index (χ0) is 14.7. The maximum absolute atomic E-state index is 9.48. The number of hydrogen-bond donors (Lipinski definition) is 2. The number of benzene rings is 2. The minimum Gasteiger partial charge on any atom is -0.504 e.